The molecule has 2 amide bonds. The van der Waals surface area contributed by atoms with E-state index in [1.807, 2.05) is 11.0 Å². The van der Waals surface area contributed by atoms with Gasteiger partial charge in [-0.3, -0.25) is 14.5 Å². The van der Waals surface area contributed by atoms with Gasteiger partial charge in [0.25, 0.3) is 0 Å². The highest BCUT2D eigenvalue weighted by Gasteiger charge is 2.21. The number of nitrogens with zero attached hydrogens (tertiary/aromatic N) is 3. The molecule has 1 aromatic rings. The zero-order valence-corrected chi connectivity index (χ0v) is 16.0. The first-order chi connectivity index (χ1) is 12.6. The van der Waals surface area contributed by atoms with Gasteiger partial charge in [0.1, 0.15) is 0 Å². The van der Waals surface area contributed by atoms with Gasteiger partial charge in [0.2, 0.25) is 11.8 Å². The lowest BCUT2D eigenvalue weighted by Gasteiger charge is -2.35. The number of rotatable bonds is 9. The van der Waals surface area contributed by atoms with Crippen LogP contribution in [0.1, 0.15) is 25.3 Å². The summed E-state index contributed by atoms with van der Waals surface area (Å²) in [6.45, 7) is 7.55. The number of benzene rings is 1. The fraction of sp³-hybridized carbons (Fsp3) is 0.600. The summed E-state index contributed by atoms with van der Waals surface area (Å²) in [7, 11) is 1.65. The number of methoxy groups -OCH3 is 1. The Kier molecular flexibility index (Phi) is 8.58. The maximum Gasteiger partial charge on any atom is 0.224 e. The molecule has 6 nitrogen and oxygen atoms in total. The normalized spacial score (nSPS) is 15.1. The molecule has 0 bridgehead atoms. The third kappa shape index (κ3) is 6.77. The van der Waals surface area contributed by atoms with Crippen LogP contribution >= 0.6 is 0 Å². The Morgan fingerprint density at radius 3 is 2.38 bits per heavy atom. The molecule has 0 atom stereocenters. The molecule has 2 rings (SSSR count). The van der Waals surface area contributed by atoms with Crippen molar-refractivity contribution < 1.29 is 14.3 Å². The monoisotopic (exact) mass is 361 g/mol. The van der Waals surface area contributed by atoms with Gasteiger partial charge < -0.3 is 14.5 Å². The predicted octanol–water partition coefficient (Wildman–Crippen LogP) is 1.61. The Balaban J connectivity index is 1.71. The van der Waals surface area contributed by atoms with Crippen LogP contribution < -0.4 is 0 Å². The van der Waals surface area contributed by atoms with Gasteiger partial charge in [0.05, 0.1) is 0 Å². The Labute approximate surface area is 156 Å². The van der Waals surface area contributed by atoms with E-state index in [1.54, 1.807) is 18.9 Å². The molecule has 0 aromatic heterocycles. The minimum atomic E-state index is 0.0154. The van der Waals surface area contributed by atoms with Crippen LogP contribution in [0.25, 0.3) is 0 Å². The minimum absolute atomic E-state index is 0.0154. The van der Waals surface area contributed by atoms with Crippen molar-refractivity contribution >= 4 is 11.8 Å². The molecule has 0 saturated carbocycles. The molecule has 1 saturated heterocycles. The largest absolute Gasteiger partial charge is 0.385 e. The number of carbonyl (C=O) groups excluding carboxylic acids is 2. The standard InChI is InChI=1S/C20H31N3O3/c1-18(24)22(10-6-16-26-2)11-9-20(25)23-14-12-21(13-15-23)17-19-7-4-3-5-8-19/h3-5,7-8H,6,9-17H2,1-2H3. The molecule has 1 fully saturated rings. The fourth-order valence-corrected chi connectivity index (χ4v) is 3.21. The van der Waals surface area contributed by atoms with Crippen molar-refractivity contribution in [3.8, 4) is 0 Å². The van der Waals surface area contributed by atoms with Gasteiger partial charge >= 0.3 is 0 Å². The van der Waals surface area contributed by atoms with Crippen LogP contribution in [0.15, 0.2) is 30.3 Å². The highest BCUT2D eigenvalue weighted by Crippen LogP contribution is 2.09. The molecule has 0 spiro atoms. The minimum Gasteiger partial charge on any atom is -0.385 e. The highest BCUT2D eigenvalue weighted by molar-refractivity contribution is 5.78. The predicted molar refractivity (Wildman–Crippen MR) is 102 cm³/mol. The lowest BCUT2D eigenvalue weighted by molar-refractivity contribution is -0.134. The van der Waals surface area contributed by atoms with Crippen LogP contribution in [-0.2, 0) is 20.9 Å². The summed E-state index contributed by atoms with van der Waals surface area (Å²) in [5.41, 5.74) is 1.31. The van der Waals surface area contributed by atoms with Crippen molar-refractivity contribution in [3.63, 3.8) is 0 Å². The molecular formula is C20H31N3O3. The van der Waals surface area contributed by atoms with Gasteiger partial charge in [-0.15, -0.1) is 0 Å². The third-order valence-corrected chi connectivity index (χ3v) is 4.79. The van der Waals surface area contributed by atoms with Gasteiger partial charge in [0.15, 0.2) is 0 Å². The molecule has 1 aliphatic rings. The van der Waals surface area contributed by atoms with E-state index in [0.717, 1.165) is 39.1 Å². The average Bonchev–Trinajstić information content (AvgIpc) is 2.65. The van der Waals surface area contributed by atoms with E-state index in [0.29, 0.717) is 26.1 Å². The molecule has 1 heterocycles. The van der Waals surface area contributed by atoms with Crippen molar-refractivity contribution in [2.45, 2.75) is 26.3 Å². The molecule has 0 radical (unpaired) electrons. The first kappa shape index (κ1) is 20.4. The summed E-state index contributed by atoms with van der Waals surface area (Å²) in [5.74, 6) is 0.156. The summed E-state index contributed by atoms with van der Waals surface area (Å²) >= 11 is 0. The first-order valence-electron chi connectivity index (χ1n) is 9.38. The quantitative estimate of drug-likeness (QED) is 0.627. The Morgan fingerprint density at radius 1 is 1.08 bits per heavy atom. The number of piperazine rings is 1. The van der Waals surface area contributed by atoms with Crippen molar-refractivity contribution in [2.24, 2.45) is 0 Å². The average molecular weight is 361 g/mol. The van der Waals surface area contributed by atoms with Gasteiger partial charge in [-0.25, -0.2) is 0 Å². The second kappa shape index (κ2) is 10.9. The van der Waals surface area contributed by atoms with E-state index < -0.39 is 0 Å². The number of hydrogen-bond acceptors (Lipinski definition) is 4. The Bertz CT molecular complexity index is 557. The molecule has 144 valence electrons. The van der Waals surface area contributed by atoms with Crippen LogP contribution in [0.4, 0.5) is 0 Å². The second-order valence-corrected chi connectivity index (χ2v) is 6.74. The summed E-state index contributed by atoms with van der Waals surface area (Å²) < 4.78 is 5.03. The lowest BCUT2D eigenvalue weighted by atomic mass is 10.2. The lowest BCUT2D eigenvalue weighted by Crippen LogP contribution is -2.49. The van der Waals surface area contributed by atoms with Crippen LogP contribution in [0.5, 0.6) is 0 Å². The zero-order valence-electron chi connectivity index (χ0n) is 16.0. The fourth-order valence-electron chi connectivity index (χ4n) is 3.21. The van der Waals surface area contributed by atoms with E-state index in [9.17, 15) is 9.59 Å². The molecule has 1 aromatic carbocycles. The van der Waals surface area contributed by atoms with E-state index in [2.05, 4.69) is 29.2 Å². The summed E-state index contributed by atoms with van der Waals surface area (Å²) in [5, 5.41) is 0. The van der Waals surface area contributed by atoms with E-state index >= 15 is 0 Å². The van der Waals surface area contributed by atoms with Crippen molar-refractivity contribution in [3.05, 3.63) is 35.9 Å². The SMILES string of the molecule is COCCCN(CCC(=O)N1CCN(Cc2ccccc2)CC1)C(C)=O. The number of carbonyl (C=O) groups is 2. The van der Waals surface area contributed by atoms with Gasteiger partial charge in [-0.2, -0.15) is 0 Å². The van der Waals surface area contributed by atoms with Crippen LogP contribution in [0.2, 0.25) is 0 Å². The summed E-state index contributed by atoms with van der Waals surface area (Å²) in [6, 6.07) is 10.4. The third-order valence-electron chi connectivity index (χ3n) is 4.79. The number of ether oxygens (including phenoxy) is 1. The maximum absolute atomic E-state index is 12.5. The summed E-state index contributed by atoms with van der Waals surface area (Å²) in [4.78, 5) is 30.2. The molecule has 26 heavy (non-hydrogen) atoms. The Hall–Kier alpha value is -1.92. The molecule has 0 N–H and O–H groups in total. The Morgan fingerprint density at radius 2 is 1.77 bits per heavy atom. The maximum atomic E-state index is 12.5. The van der Waals surface area contributed by atoms with Crippen LogP contribution in [0.3, 0.4) is 0 Å². The van der Waals surface area contributed by atoms with E-state index in [-0.39, 0.29) is 11.8 Å². The van der Waals surface area contributed by atoms with E-state index in [4.69, 9.17) is 4.74 Å². The zero-order chi connectivity index (χ0) is 18.8. The number of amides is 2. The van der Waals surface area contributed by atoms with Gasteiger partial charge in [-0.1, -0.05) is 30.3 Å². The number of hydrogen-bond donors (Lipinski definition) is 0. The molecule has 1 aliphatic heterocycles. The summed E-state index contributed by atoms with van der Waals surface area (Å²) in [6.07, 6.45) is 1.19. The first-order valence-corrected chi connectivity index (χ1v) is 9.38. The van der Waals surface area contributed by atoms with Crippen LogP contribution in [-0.4, -0.2) is 79.5 Å². The van der Waals surface area contributed by atoms with Crippen molar-refractivity contribution in [1.29, 1.82) is 0 Å². The molecule has 0 aliphatic carbocycles. The highest BCUT2D eigenvalue weighted by atomic mass is 16.5. The molecular weight excluding hydrogens is 330 g/mol. The van der Waals surface area contributed by atoms with Crippen molar-refractivity contribution in [1.82, 2.24) is 14.7 Å². The van der Waals surface area contributed by atoms with Gasteiger partial charge in [-0.05, 0) is 12.0 Å². The van der Waals surface area contributed by atoms with E-state index in [1.165, 1.54) is 5.56 Å². The van der Waals surface area contributed by atoms with Gasteiger partial charge in [0, 0.05) is 72.9 Å². The second-order valence-electron chi connectivity index (χ2n) is 6.74. The molecule has 6 heteroatoms. The van der Waals surface area contributed by atoms with Crippen molar-refractivity contribution in [2.75, 3.05) is 53.0 Å². The topological polar surface area (TPSA) is 53.1 Å². The van der Waals surface area contributed by atoms with Crippen LogP contribution in [0, 0.1) is 0 Å². The smallest absolute Gasteiger partial charge is 0.224 e. The molecule has 0 unspecified atom stereocenters.